The van der Waals surface area contributed by atoms with Crippen molar-refractivity contribution in [1.29, 1.82) is 0 Å². The first-order valence-electron chi connectivity index (χ1n) is 6.51. The van der Waals surface area contributed by atoms with Gasteiger partial charge in [-0.25, -0.2) is 9.97 Å². The molecule has 0 aliphatic rings. The average Bonchev–Trinajstić information content (AvgIpc) is 2.52. The standard InChI is InChI=1S/C15H19N3O2/c1-4-16-14(15-17-6-5-7-18-15)11-8-12(19-2)10-13(9-11)20-3/h5-10,14,16H,4H2,1-3H3. The largest absolute Gasteiger partial charge is 0.497 e. The molecular formula is C15H19N3O2. The van der Waals surface area contributed by atoms with E-state index in [2.05, 4.69) is 15.3 Å². The number of hydrogen-bond acceptors (Lipinski definition) is 5. The summed E-state index contributed by atoms with van der Waals surface area (Å²) in [5, 5.41) is 3.38. The van der Waals surface area contributed by atoms with Crippen LogP contribution in [0.4, 0.5) is 0 Å². The first-order valence-corrected chi connectivity index (χ1v) is 6.51. The van der Waals surface area contributed by atoms with Gasteiger partial charge in [-0.2, -0.15) is 0 Å². The van der Waals surface area contributed by atoms with E-state index in [1.807, 2.05) is 25.1 Å². The number of nitrogens with one attached hydrogen (secondary N) is 1. The van der Waals surface area contributed by atoms with E-state index in [1.54, 1.807) is 32.7 Å². The van der Waals surface area contributed by atoms with E-state index >= 15 is 0 Å². The summed E-state index contributed by atoms with van der Waals surface area (Å²) in [6.45, 7) is 2.86. The Balaban J connectivity index is 2.43. The van der Waals surface area contributed by atoms with Crippen LogP contribution in [-0.2, 0) is 0 Å². The monoisotopic (exact) mass is 273 g/mol. The van der Waals surface area contributed by atoms with Crippen molar-refractivity contribution >= 4 is 0 Å². The highest BCUT2D eigenvalue weighted by atomic mass is 16.5. The zero-order valence-corrected chi connectivity index (χ0v) is 12.0. The molecule has 1 aromatic heterocycles. The highest BCUT2D eigenvalue weighted by molar-refractivity contribution is 5.41. The molecule has 106 valence electrons. The molecule has 0 saturated carbocycles. The smallest absolute Gasteiger partial charge is 0.149 e. The van der Waals surface area contributed by atoms with Crippen molar-refractivity contribution in [2.45, 2.75) is 13.0 Å². The molecule has 0 aliphatic carbocycles. The van der Waals surface area contributed by atoms with Gasteiger partial charge < -0.3 is 14.8 Å². The Hall–Kier alpha value is -2.14. The van der Waals surface area contributed by atoms with Crippen LogP contribution in [0.1, 0.15) is 24.4 Å². The summed E-state index contributed by atoms with van der Waals surface area (Å²) in [6.07, 6.45) is 3.48. The van der Waals surface area contributed by atoms with E-state index in [1.165, 1.54) is 0 Å². The quantitative estimate of drug-likeness (QED) is 0.874. The van der Waals surface area contributed by atoms with Crippen molar-refractivity contribution in [3.63, 3.8) is 0 Å². The lowest BCUT2D eigenvalue weighted by atomic mass is 10.0. The molecule has 1 heterocycles. The maximum Gasteiger partial charge on any atom is 0.149 e. The van der Waals surface area contributed by atoms with Crippen LogP contribution in [0.25, 0.3) is 0 Å². The lowest BCUT2D eigenvalue weighted by Crippen LogP contribution is -2.24. The fourth-order valence-electron chi connectivity index (χ4n) is 2.02. The third-order valence-corrected chi connectivity index (χ3v) is 2.96. The maximum absolute atomic E-state index is 5.31. The minimum absolute atomic E-state index is 0.0924. The van der Waals surface area contributed by atoms with Crippen LogP contribution in [0.5, 0.6) is 11.5 Å². The van der Waals surface area contributed by atoms with E-state index in [9.17, 15) is 0 Å². The molecule has 1 N–H and O–H groups in total. The van der Waals surface area contributed by atoms with Crippen LogP contribution in [0.3, 0.4) is 0 Å². The third kappa shape index (κ3) is 3.24. The minimum Gasteiger partial charge on any atom is -0.497 e. The van der Waals surface area contributed by atoms with Crippen molar-refractivity contribution in [3.05, 3.63) is 48.0 Å². The van der Waals surface area contributed by atoms with Gasteiger partial charge in [-0.1, -0.05) is 6.92 Å². The van der Waals surface area contributed by atoms with Gasteiger partial charge in [0, 0.05) is 18.5 Å². The van der Waals surface area contributed by atoms with Gasteiger partial charge in [0.15, 0.2) is 0 Å². The number of ether oxygens (including phenoxy) is 2. The van der Waals surface area contributed by atoms with Gasteiger partial charge in [-0.05, 0) is 30.3 Å². The Bertz CT molecular complexity index is 524. The summed E-state index contributed by atoms with van der Waals surface area (Å²) in [5.41, 5.74) is 1.01. The molecule has 0 saturated heterocycles. The fourth-order valence-corrected chi connectivity index (χ4v) is 2.02. The van der Waals surface area contributed by atoms with E-state index in [0.717, 1.165) is 29.4 Å². The highest BCUT2D eigenvalue weighted by Crippen LogP contribution is 2.28. The third-order valence-electron chi connectivity index (χ3n) is 2.96. The molecule has 5 heteroatoms. The minimum atomic E-state index is -0.0924. The Morgan fingerprint density at radius 2 is 1.65 bits per heavy atom. The first kappa shape index (κ1) is 14.3. The number of rotatable bonds is 6. The molecule has 0 amide bonds. The molecule has 1 unspecified atom stereocenters. The molecule has 1 aromatic carbocycles. The molecule has 0 bridgehead atoms. The molecule has 0 aliphatic heterocycles. The molecule has 0 radical (unpaired) electrons. The Morgan fingerprint density at radius 1 is 1.05 bits per heavy atom. The van der Waals surface area contributed by atoms with Crippen molar-refractivity contribution in [3.8, 4) is 11.5 Å². The Kier molecular flexibility index (Phi) is 4.90. The van der Waals surface area contributed by atoms with E-state index in [-0.39, 0.29) is 6.04 Å². The van der Waals surface area contributed by atoms with Crippen LogP contribution in [-0.4, -0.2) is 30.7 Å². The summed E-state index contributed by atoms with van der Waals surface area (Å²) in [6, 6.07) is 7.49. The average molecular weight is 273 g/mol. The molecule has 20 heavy (non-hydrogen) atoms. The van der Waals surface area contributed by atoms with Gasteiger partial charge in [0.1, 0.15) is 17.3 Å². The Morgan fingerprint density at radius 3 is 2.15 bits per heavy atom. The van der Waals surface area contributed by atoms with Crippen molar-refractivity contribution in [1.82, 2.24) is 15.3 Å². The van der Waals surface area contributed by atoms with Gasteiger partial charge in [-0.15, -0.1) is 0 Å². The molecule has 2 rings (SSSR count). The van der Waals surface area contributed by atoms with Gasteiger partial charge >= 0.3 is 0 Å². The number of methoxy groups -OCH3 is 2. The van der Waals surface area contributed by atoms with Gasteiger partial charge in [0.2, 0.25) is 0 Å². The SMILES string of the molecule is CCNC(c1cc(OC)cc(OC)c1)c1ncccn1. The van der Waals surface area contributed by atoms with Gasteiger partial charge in [0.25, 0.3) is 0 Å². The fraction of sp³-hybridized carbons (Fsp3) is 0.333. The summed E-state index contributed by atoms with van der Waals surface area (Å²) >= 11 is 0. The van der Waals surface area contributed by atoms with Gasteiger partial charge in [0.05, 0.1) is 20.3 Å². The van der Waals surface area contributed by atoms with Crippen molar-refractivity contribution < 1.29 is 9.47 Å². The molecule has 1 atom stereocenters. The lowest BCUT2D eigenvalue weighted by molar-refractivity contribution is 0.392. The molecule has 2 aromatic rings. The number of aromatic nitrogens is 2. The van der Waals surface area contributed by atoms with Crippen LogP contribution >= 0.6 is 0 Å². The maximum atomic E-state index is 5.31. The molecule has 0 spiro atoms. The van der Waals surface area contributed by atoms with Gasteiger partial charge in [-0.3, -0.25) is 0 Å². The number of benzene rings is 1. The predicted octanol–water partition coefficient (Wildman–Crippen LogP) is 2.19. The van der Waals surface area contributed by atoms with Crippen LogP contribution < -0.4 is 14.8 Å². The van der Waals surface area contributed by atoms with Crippen molar-refractivity contribution in [2.75, 3.05) is 20.8 Å². The second-order valence-corrected chi connectivity index (χ2v) is 4.24. The normalized spacial score (nSPS) is 11.9. The van der Waals surface area contributed by atoms with Crippen LogP contribution in [0.2, 0.25) is 0 Å². The van der Waals surface area contributed by atoms with E-state index < -0.39 is 0 Å². The van der Waals surface area contributed by atoms with Crippen molar-refractivity contribution in [2.24, 2.45) is 0 Å². The second-order valence-electron chi connectivity index (χ2n) is 4.24. The molecule has 0 fully saturated rings. The zero-order valence-electron chi connectivity index (χ0n) is 12.0. The molecular weight excluding hydrogens is 254 g/mol. The zero-order chi connectivity index (χ0) is 14.4. The lowest BCUT2D eigenvalue weighted by Gasteiger charge is -2.18. The second kappa shape index (κ2) is 6.86. The van der Waals surface area contributed by atoms with Crippen LogP contribution in [0.15, 0.2) is 36.7 Å². The Labute approximate surface area is 119 Å². The topological polar surface area (TPSA) is 56.3 Å². The first-order chi connectivity index (χ1) is 9.78. The summed E-state index contributed by atoms with van der Waals surface area (Å²) < 4.78 is 10.6. The summed E-state index contributed by atoms with van der Waals surface area (Å²) in [5.74, 6) is 2.22. The number of nitrogens with zero attached hydrogens (tertiary/aromatic N) is 2. The van der Waals surface area contributed by atoms with E-state index in [0.29, 0.717) is 0 Å². The molecule has 5 nitrogen and oxygen atoms in total. The predicted molar refractivity (Wildman–Crippen MR) is 77.1 cm³/mol. The van der Waals surface area contributed by atoms with E-state index in [4.69, 9.17) is 9.47 Å². The summed E-state index contributed by atoms with van der Waals surface area (Å²) in [7, 11) is 3.28. The number of hydrogen-bond donors (Lipinski definition) is 1. The van der Waals surface area contributed by atoms with Crippen LogP contribution in [0, 0.1) is 0 Å². The summed E-state index contributed by atoms with van der Waals surface area (Å²) in [4.78, 5) is 8.66. The highest BCUT2D eigenvalue weighted by Gasteiger charge is 2.17.